The molecular formula is C16H16N2O2S. The Morgan fingerprint density at radius 1 is 1.38 bits per heavy atom. The summed E-state index contributed by atoms with van der Waals surface area (Å²) < 4.78 is 4.90. The van der Waals surface area contributed by atoms with E-state index in [1.54, 1.807) is 0 Å². The Bertz CT molecular complexity index is 657. The zero-order valence-electron chi connectivity index (χ0n) is 12.1. The van der Waals surface area contributed by atoms with Crippen molar-refractivity contribution in [3.63, 3.8) is 0 Å². The number of hydrogen-bond acceptors (Lipinski definition) is 5. The number of allylic oxidation sites excluding steroid dienone is 2. The Morgan fingerprint density at radius 3 is 2.57 bits per heavy atom. The number of benzene rings is 1. The molecule has 0 aliphatic carbocycles. The SMILES string of the molecule is COC(=O)C1=C(C)NC(SC)=C(C#N)C1c1ccccc1. The highest BCUT2D eigenvalue weighted by molar-refractivity contribution is 8.02. The summed E-state index contributed by atoms with van der Waals surface area (Å²) in [5.41, 5.74) is 2.65. The molecule has 1 heterocycles. The number of nitriles is 1. The molecule has 0 saturated heterocycles. The number of esters is 1. The van der Waals surface area contributed by atoms with Gasteiger partial charge in [0.25, 0.3) is 0 Å². The van der Waals surface area contributed by atoms with E-state index < -0.39 is 11.9 Å². The Hall–Kier alpha value is -2.19. The number of carbonyl (C=O) groups is 1. The first kappa shape index (κ1) is 15.2. The molecule has 0 bridgehead atoms. The first-order valence-electron chi connectivity index (χ1n) is 6.43. The molecule has 1 N–H and O–H groups in total. The molecule has 4 nitrogen and oxygen atoms in total. The molecule has 1 aromatic carbocycles. The Labute approximate surface area is 128 Å². The Morgan fingerprint density at radius 2 is 2.05 bits per heavy atom. The van der Waals surface area contributed by atoms with Crippen LogP contribution in [0.4, 0.5) is 0 Å². The summed E-state index contributed by atoms with van der Waals surface area (Å²) >= 11 is 1.46. The zero-order chi connectivity index (χ0) is 15.4. The predicted octanol–water partition coefficient (Wildman–Crippen LogP) is 2.92. The second kappa shape index (κ2) is 6.51. The maximum Gasteiger partial charge on any atom is 0.336 e. The van der Waals surface area contributed by atoms with Crippen molar-refractivity contribution in [3.8, 4) is 6.07 Å². The van der Waals surface area contributed by atoms with Gasteiger partial charge in [-0.1, -0.05) is 30.3 Å². The van der Waals surface area contributed by atoms with Crippen LogP contribution in [0.3, 0.4) is 0 Å². The topological polar surface area (TPSA) is 62.1 Å². The lowest BCUT2D eigenvalue weighted by Gasteiger charge is -2.28. The number of dihydropyridines is 1. The van der Waals surface area contributed by atoms with Crippen LogP contribution < -0.4 is 5.32 Å². The maximum absolute atomic E-state index is 12.2. The molecule has 0 amide bonds. The van der Waals surface area contributed by atoms with Crippen molar-refractivity contribution >= 4 is 17.7 Å². The van der Waals surface area contributed by atoms with Crippen molar-refractivity contribution in [1.82, 2.24) is 5.32 Å². The van der Waals surface area contributed by atoms with Crippen LogP contribution in [0.15, 0.2) is 52.2 Å². The molecular weight excluding hydrogens is 284 g/mol. The fraction of sp³-hybridized carbons (Fsp3) is 0.250. The second-order valence-electron chi connectivity index (χ2n) is 4.56. The number of rotatable bonds is 3. The van der Waals surface area contributed by atoms with Crippen LogP contribution in [-0.2, 0) is 9.53 Å². The van der Waals surface area contributed by atoms with Crippen molar-refractivity contribution in [3.05, 3.63) is 57.8 Å². The summed E-state index contributed by atoms with van der Waals surface area (Å²) in [5, 5.41) is 13.5. The van der Waals surface area contributed by atoms with Gasteiger partial charge in [-0.2, -0.15) is 5.26 Å². The Balaban J connectivity index is 2.65. The minimum Gasteiger partial charge on any atom is -0.466 e. The molecule has 21 heavy (non-hydrogen) atoms. The fourth-order valence-electron chi connectivity index (χ4n) is 2.43. The van der Waals surface area contributed by atoms with Gasteiger partial charge in [-0.3, -0.25) is 0 Å². The number of ether oxygens (including phenoxy) is 1. The lowest BCUT2D eigenvalue weighted by atomic mass is 9.82. The van der Waals surface area contributed by atoms with E-state index in [4.69, 9.17) is 4.74 Å². The van der Waals surface area contributed by atoms with E-state index in [-0.39, 0.29) is 0 Å². The summed E-state index contributed by atoms with van der Waals surface area (Å²) in [6.07, 6.45) is 1.90. The van der Waals surface area contributed by atoms with Gasteiger partial charge in [-0.05, 0) is 18.7 Å². The summed E-state index contributed by atoms with van der Waals surface area (Å²) in [7, 11) is 1.35. The van der Waals surface area contributed by atoms with Gasteiger partial charge in [0.15, 0.2) is 0 Å². The van der Waals surface area contributed by atoms with E-state index in [1.807, 2.05) is 43.5 Å². The molecule has 0 spiro atoms. The normalized spacial score (nSPS) is 18.1. The third-order valence-corrected chi connectivity index (χ3v) is 4.12. The maximum atomic E-state index is 12.2. The van der Waals surface area contributed by atoms with Crippen LogP contribution >= 0.6 is 11.8 Å². The predicted molar refractivity (Wildman–Crippen MR) is 83.2 cm³/mol. The average Bonchev–Trinajstić information content (AvgIpc) is 2.53. The van der Waals surface area contributed by atoms with Crippen LogP contribution in [0.2, 0.25) is 0 Å². The van der Waals surface area contributed by atoms with E-state index in [0.29, 0.717) is 11.1 Å². The number of thioether (sulfide) groups is 1. The molecule has 5 heteroatoms. The van der Waals surface area contributed by atoms with Crippen LogP contribution in [0.25, 0.3) is 0 Å². The quantitative estimate of drug-likeness (QED) is 0.870. The molecule has 1 unspecified atom stereocenters. The van der Waals surface area contributed by atoms with Crippen LogP contribution in [0.5, 0.6) is 0 Å². The van der Waals surface area contributed by atoms with Gasteiger partial charge in [0.1, 0.15) is 0 Å². The summed E-state index contributed by atoms with van der Waals surface area (Å²) in [4.78, 5) is 12.2. The lowest BCUT2D eigenvalue weighted by molar-refractivity contribution is -0.136. The standard InChI is InChI=1S/C16H16N2O2S/c1-10-13(16(19)20-2)14(11-7-5-4-6-8-11)12(9-17)15(18-10)21-3/h4-8,14,18H,1-3H3. The highest BCUT2D eigenvalue weighted by Crippen LogP contribution is 2.40. The lowest BCUT2D eigenvalue weighted by Crippen LogP contribution is -2.28. The van der Waals surface area contributed by atoms with E-state index >= 15 is 0 Å². The number of methoxy groups -OCH3 is 1. The van der Waals surface area contributed by atoms with Crippen molar-refractivity contribution in [2.24, 2.45) is 0 Å². The van der Waals surface area contributed by atoms with Gasteiger partial charge in [0.05, 0.1) is 35.3 Å². The molecule has 0 aromatic heterocycles. The van der Waals surface area contributed by atoms with Crippen LogP contribution in [0, 0.1) is 11.3 Å². The van der Waals surface area contributed by atoms with Gasteiger partial charge >= 0.3 is 5.97 Å². The third kappa shape index (κ3) is 2.81. The monoisotopic (exact) mass is 300 g/mol. The van der Waals surface area contributed by atoms with Crippen molar-refractivity contribution in [2.45, 2.75) is 12.8 Å². The largest absolute Gasteiger partial charge is 0.466 e. The molecule has 0 fully saturated rings. The van der Waals surface area contributed by atoms with Gasteiger partial charge in [-0.25, -0.2) is 4.79 Å². The highest BCUT2D eigenvalue weighted by atomic mass is 32.2. The van der Waals surface area contributed by atoms with Crippen LogP contribution in [-0.4, -0.2) is 19.3 Å². The molecule has 108 valence electrons. The third-order valence-electron chi connectivity index (χ3n) is 3.39. The number of nitrogens with zero attached hydrogens (tertiary/aromatic N) is 1. The number of hydrogen-bond donors (Lipinski definition) is 1. The van der Waals surface area contributed by atoms with E-state index in [9.17, 15) is 10.1 Å². The first-order valence-corrected chi connectivity index (χ1v) is 7.65. The molecule has 2 rings (SSSR count). The van der Waals surface area contributed by atoms with E-state index in [0.717, 1.165) is 16.3 Å². The first-order chi connectivity index (χ1) is 10.1. The molecule has 1 aliphatic rings. The second-order valence-corrected chi connectivity index (χ2v) is 5.37. The van der Waals surface area contributed by atoms with E-state index in [2.05, 4.69) is 11.4 Å². The van der Waals surface area contributed by atoms with Crippen molar-refractivity contribution in [2.75, 3.05) is 13.4 Å². The minimum absolute atomic E-state index is 0.396. The summed E-state index contributed by atoms with van der Waals surface area (Å²) in [6.45, 7) is 1.83. The minimum atomic E-state index is -0.415. The molecule has 0 radical (unpaired) electrons. The number of carbonyl (C=O) groups excluding carboxylic acids is 1. The zero-order valence-corrected chi connectivity index (χ0v) is 13.0. The van der Waals surface area contributed by atoms with Crippen molar-refractivity contribution in [1.29, 1.82) is 5.26 Å². The van der Waals surface area contributed by atoms with Gasteiger partial charge in [0.2, 0.25) is 0 Å². The molecule has 1 aliphatic heterocycles. The number of nitrogens with one attached hydrogen (secondary N) is 1. The highest BCUT2D eigenvalue weighted by Gasteiger charge is 2.34. The summed E-state index contributed by atoms with van der Waals surface area (Å²) in [6, 6.07) is 11.8. The van der Waals surface area contributed by atoms with Gasteiger partial charge < -0.3 is 10.1 Å². The Kier molecular flexibility index (Phi) is 4.71. The molecule has 1 atom stereocenters. The van der Waals surface area contributed by atoms with Gasteiger partial charge in [0, 0.05) is 5.70 Å². The summed E-state index contributed by atoms with van der Waals surface area (Å²) in [5.74, 6) is -0.811. The fourth-order valence-corrected chi connectivity index (χ4v) is 3.07. The van der Waals surface area contributed by atoms with Crippen LogP contribution in [0.1, 0.15) is 18.4 Å². The molecule has 1 aromatic rings. The average molecular weight is 300 g/mol. The smallest absolute Gasteiger partial charge is 0.336 e. The van der Waals surface area contributed by atoms with Gasteiger partial charge in [-0.15, -0.1) is 11.8 Å². The van der Waals surface area contributed by atoms with E-state index in [1.165, 1.54) is 18.9 Å². The van der Waals surface area contributed by atoms with Crippen molar-refractivity contribution < 1.29 is 9.53 Å². The molecule has 0 saturated carbocycles.